The highest BCUT2D eigenvalue weighted by atomic mass is 31.1. The van der Waals surface area contributed by atoms with Crippen molar-refractivity contribution >= 4 is 8.03 Å². The van der Waals surface area contributed by atoms with E-state index in [1.54, 1.807) is 0 Å². The van der Waals surface area contributed by atoms with Gasteiger partial charge in [0.05, 0.1) is 6.61 Å². The van der Waals surface area contributed by atoms with Gasteiger partial charge in [-0.15, -0.1) is 0 Å². The Morgan fingerprint density at radius 3 is 2.50 bits per heavy atom. The van der Waals surface area contributed by atoms with Gasteiger partial charge in [0.25, 0.3) is 0 Å². The number of hydrogen-bond donors (Lipinski definition) is 0. The van der Waals surface area contributed by atoms with E-state index in [9.17, 15) is 8.96 Å². The molecule has 50 valence electrons. The first-order valence-corrected chi connectivity index (χ1v) is 4.22. The van der Waals surface area contributed by atoms with Crippen LogP contribution in [0.5, 0.6) is 0 Å². The first kappa shape index (κ1) is 8.12. The Kier molecular flexibility index (Phi) is 4.11. The van der Waals surface area contributed by atoms with Crippen LogP contribution in [0.1, 0.15) is 6.92 Å². The van der Waals surface area contributed by atoms with Gasteiger partial charge in [-0.05, 0) is 6.92 Å². The standard InChI is InChI=1S/C4H10FO2P/c1-4(5)3-7-8(2)6/h4,8H,3H2,1-2H3. The van der Waals surface area contributed by atoms with E-state index in [1.807, 2.05) is 0 Å². The fourth-order valence-electron chi connectivity index (χ4n) is 0.232. The van der Waals surface area contributed by atoms with E-state index in [1.165, 1.54) is 13.6 Å². The molecular formula is C4H10FO2P. The highest BCUT2D eigenvalue weighted by molar-refractivity contribution is 7.38. The molecule has 0 saturated carbocycles. The van der Waals surface area contributed by atoms with E-state index < -0.39 is 14.2 Å². The molecule has 8 heavy (non-hydrogen) atoms. The minimum Gasteiger partial charge on any atom is -0.328 e. The van der Waals surface area contributed by atoms with Crippen molar-refractivity contribution in [1.29, 1.82) is 0 Å². The maximum Gasteiger partial charge on any atom is 0.188 e. The molecule has 0 fully saturated rings. The van der Waals surface area contributed by atoms with Gasteiger partial charge in [-0.1, -0.05) is 0 Å². The van der Waals surface area contributed by atoms with E-state index in [4.69, 9.17) is 0 Å². The Hall–Kier alpha value is 0.120. The van der Waals surface area contributed by atoms with Crippen molar-refractivity contribution in [2.45, 2.75) is 13.1 Å². The average molecular weight is 140 g/mol. The fourth-order valence-corrected chi connectivity index (χ4v) is 0.697. The largest absolute Gasteiger partial charge is 0.328 e. The molecule has 0 aliphatic heterocycles. The van der Waals surface area contributed by atoms with Crippen LogP contribution in [0, 0.1) is 0 Å². The van der Waals surface area contributed by atoms with Crippen LogP contribution in [0.3, 0.4) is 0 Å². The average Bonchev–Trinajstić information content (AvgIpc) is 1.61. The Morgan fingerprint density at radius 2 is 2.38 bits per heavy atom. The number of hydrogen-bond acceptors (Lipinski definition) is 2. The molecule has 0 saturated heterocycles. The van der Waals surface area contributed by atoms with Crippen LogP contribution in [0.25, 0.3) is 0 Å². The summed E-state index contributed by atoms with van der Waals surface area (Å²) >= 11 is 0. The molecule has 0 aliphatic rings. The molecule has 0 aliphatic carbocycles. The van der Waals surface area contributed by atoms with Crippen molar-refractivity contribution in [3.05, 3.63) is 0 Å². The first-order valence-electron chi connectivity index (χ1n) is 2.40. The van der Waals surface area contributed by atoms with E-state index in [2.05, 4.69) is 4.52 Å². The lowest BCUT2D eigenvalue weighted by Crippen LogP contribution is -2.00. The summed E-state index contributed by atoms with van der Waals surface area (Å²) in [6.45, 7) is 2.76. The van der Waals surface area contributed by atoms with Crippen molar-refractivity contribution in [2.75, 3.05) is 13.3 Å². The quantitative estimate of drug-likeness (QED) is 0.555. The molecule has 0 aromatic rings. The fraction of sp³-hybridized carbons (Fsp3) is 1.00. The van der Waals surface area contributed by atoms with Crippen molar-refractivity contribution < 1.29 is 13.5 Å². The molecule has 2 unspecified atom stereocenters. The summed E-state index contributed by atoms with van der Waals surface area (Å²) in [6.07, 6.45) is -1.01. The zero-order chi connectivity index (χ0) is 6.57. The second kappa shape index (κ2) is 4.04. The van der Waals surface area contributed by atoms with Gasteiger partial charge in [0, 0.05) is 6.66 Å². The second-order valence-corrected chi connectivity index (χ2v) is 2.86. The van der Waals surface area contributed by atoms with Crippen LogP contribution in [-0.4, -0.2) is 19.4 Å². The number of alkyl halides is 1. The Balaban J connectivity index is 3.05. The summed E-state index contributed by atoms with van der Waals surface area (Å²) < 4.78 is 26.4. The third-order valence-corrected chi connectivity index (χ3v) is 1.09. The normalized spacial score (nSPS) is 17.9. The highest BCUT2D eigenvalue weighted by Crippen LogP contribution is 2.15. The summed E-state index contributed by atoms with van der Waals surface area (Å²) in [5.74, 6) is 0. The van der Waals surface area contributed by atoms with Crippen LogP contribution in [0.4, 0.5) is 4.39 Å². The minimum atomic E-state index is -1.92. The van der Waals surface area contributed by atoms with Gasteiger partial charge in [0.15, 0.2) is 8.03 Å². The molecule has 0 aromatic heterocycles. The minimum absolute atomic E-state index is 0.0473. The van der Waals surface area contributed by atoms with E-state index >= 15 is 0 Å². The zero-order valence-corrected chi connectivity index (χ0v) is 5.98. The summed E-state index contributed by atoms with van der Waals surface area (Å²) in [4.78, 5) is 0. The van der Waals surface area contributed by atoms with E-state index in [-0.39, 0.29) is 6.61 Å². The van der Waals surface area contributed by atoms with Crippen molar-refractivity contribution in [3.63, 3.8) is 0 Å². The second-order valence-electron chi connectivity index (χ2n) is 1.58. The summed E-state index contributed by atoms with van der Waals surface area (Å²) in [5, 5.41) is 0. The van der Waals surface area contributed by atoms with E-state index in [0.29, 0.717) is 0 Å². The van der Waals surface area contributed by atoms with Crippen LogP contribution in [0.2, 0.25) is 0 Å². The van der Waals surface area contributed by atoms with Gasteiger partial charge in [-0.25, -0.2) is 4.39 Å². The highest BCUT2D eigenvalue weighted by Gasteiger charge is 1.97. The van der Waals surface area contributed by atoms with Crippen LogP contribution in [0.15, 0.2) is 0 Å². The monoisotopic (exact) mass is 140 g/mol. The molecule has 4 heteroatoms. The molecule has 0 spiro atoms. The van der Waals surface area contributed by atoms with Crippen molar-refractivity contribution in [1.82, 2.24) is 0 Å². The van der Waals surface area contributed by atoms with Crippen LogP contribution < -0.4 is 0 Å². The third-order valence-electron chi connectivity index (χ3n) is 0.516. The SMILES string of the molecule is CC(F)CO[PH](C)=O. The molecular weight excluding hydrogens is 130 g/mol. The van der Waals surface area contributed by atoms with Crippen molar-refractivity contribution in [3.8, 4) is 0 Å². The Bertz CT molecular complexity index is 84.1. The number of rotatable bonds is 3. The molecule has 0 heterocycles. The maximum atomic E-state index is 11.8. The predicted octanol–water partition coefficient (Wildman–Crippen LogP) is 1.47. The molecule has 2 nitrogen and oxygen atoms in total. The third kappa shape index (κ3) is 6.12. The van der Waals surface area contributed by atoms with Gasteiger partial charge >= 0.3 is 0 Å². The zero-order valence-electron chi connectivity index (χ0n) is 4.98. The van der Waals surface area contributed by atoms with Crippen LogP contribution >= 0.6 is 8.03 Å². The van der Waals surface area contributed by atoms with Gasteiger partial charge in [-0.3, -0.25) is 4.57 Å². The molecule has 0 radical (unpaired) electrons. The van der Waals surface area contributed by atoms with E-state index in [0.717, 1.165) is 0 Å². The molecule has 0 aromatic carbocycles. The van der Waals surface area contributed by atoms with Gasteiger partial charge in [-0.2, -0.15) is 0 Å². The van der Waals surface area contributed by atoms with Crippen LogP contribution in [-0.2, 0) is 9.09 Å². The lowest BCUT2D eigenvalue weighted by atomic mass is 10.5. The van der Waals surface area contributed by atoms with Gasteiger partial charge in [0.1, 0.15) is 6.17 Å². The number of halogens is 1. The maximum absolute atomic E-state index is 11.8. The Morgan fingerprint density at radius 1 is 1.88 bits per heavy atom. The molecule has 0 bridgehead atoms. The molecule has 0 rings (SSSR count). The summed E-state index contributed by atoms with van der Waals surface area (Å²) in [5.41, 5.74) is 0. The first-order chi connectivity index (χ1) is 3.63. The topological polar surface area (TPSA) is 26.3 Å². The molecule has 0 N–H and O–H groups in total. The molecule has 0 amide bonds. The summed E-state index contributed by atoms with van der Waals surface area (Å²) in [7, 11) is -1.92. The van der Waals surface area contributed by atoms with Gasteiger partial charge < -0.3 is 4.52 Å². The predicted molar refractivity (Wildman–Crippen MR) is 31.4 cm³/mol. The van der Waals surface area contributed by atoms with Gasteiger partial charge in [0.2, 0.25) is 0 Å². The molecule has 2 atom stereocenters. The summed E-state index contributed by atoms with van der Waals surface area (Å²) in [6, 6.07) is 0. The smallest absolute Gasteiger partial charge is 0.188 e. The van der Waals surface area contributed by atoms with Crippen molar-refractivity contribution in [2.24, 2.45) is 0 Å². The Labute approximate surface area is 48.9 Å². The lowest BCUT2D eigenvalue weighted by Gasteiger charge is -1.98. The lowest BCUT2D eigenvalue weighted by molar-refractivity contribution is 0.219.